The number of rotatable bonds is 16. The molecule has 0 aliphatic rings. The van der Waals surface area contributed by atoms with Gasteiger partial charge in [0.15, 0.2) is 0 Å². The molecule has 0 heterocycles. The predicted octanol–water partition coefficient (Wildman–Crippen LogP) is 10.3. The van der Waals surface area contributed by atoms with E-state index < -0.39 is 58.0 Å². The molecule has 37 heavy (non-hydrogen) atoms. The number of unbranched alkanes of at least 4 members (excludes halogenated alkanes) is 6. The maximum absolute atomic E-state index is 14.0. The summed E-state index contributed by atoms with van der Waals surface area (Å²) in [5, 5.41) is 0. The summed E-state index contributed by atoms with van der Waals surface area (Å²) in [5.74, 6) is -55.8. The summed E-state index contributed by atoms with van der Waals surface area (Å²) < 4.78 is 224. The van der Waals surface area contributed by atoms with Crippen LogP contribution in [-0.4, -0.2) is 51.6 Å². The normalized spacial score (nSPS) is 16.3. The summed E-state index contributed by atoms with van der Waals surface area (Å²) in [6, 6.07) is 0. The standard InChI is InChI=1S/C19H22F17I/c1-2-3-4-5-6-7-8-9-11(37)10-12(20,21)13(22,23)14(24,25)15(26,27)16(28,29)17(30,31)18(32,33)19(34,35)36/h11H,2-10H2,1H3. The minimum Gasteiger partial charge on any atom is -0.200 e. The molecule has 0 spiro atoms. The van der Waals surface area contributed by atoms with Gasteiger partial charge in [-0.3, -0.25) is 0 Å². The molecular formula is C19H22F17I. The van der Waals surface area contributed by atoms with Gasteiger partial charge in [-0.2, -0.15) is 74.6 Å². The maximum atomic E-state index is 14.0. The van der Waals surface area contributed by atoms with E-state index >= 15 is 0 Å². The largest absolute Gasteiger partial charge is 0.460 e. The van der Waals surface area contributed by atoms with Gasteiger partial charge in [-0.05, 0) is 6.42 Å². The Morgan fingerprint density at radius 3 is 1.16 bits per heavy atom. The summed E-state index contributed by atoms with van der Waals surface area (Å²) in [4.78, 5) is 0. The van der Waals surface area contributed by atoms with Crippen molar-refractivity contribution in [1.29, 1.82) is 0 Å². The molecule has 0 rings (SSSR count). The zero-order valence-electron chi connectivity index (χ0n) is 18.7. The molecule has 1 atom stereocenters. The van der Waals surface area contributed by atoms with Crippen LogP contribution >= 0.6 is 22.6 Å². The highest BCUT2D eigenvalue weighted by Gasteiger charge is 2.95. The van der Waals surface area contributed by atoms with Crippen molar-refractivity contribution in [2.45, 2.75) is 116 Å². The summed E-state index contributed by atoms with van der Waals surface area (Å²) in [7, 11) is 0. The lowest BCUT2D eigenvalue weighted by Crippen LogP contribution is -2.74. The zero-order chi connectivity index (χ0) is 29.9. The van der Waals surface area contributed by atoms with Gasteiger partial charge < -0.3 is 0 Å². The number of halogens is 18. The second-order valence-electron chi connectivity index (χ2n) is 8.36. The van der Waals surface area contributed by atoms with Crippen LogP contribution in [0.15, 0.2) is 0 Å². The molecule has 0 aromatic heterocycles. The fourth-order valence-corrected chi connectivity index (χ4v) is 4.02. The van der Waals surface area contributed by atoms with Crippen LogP contribution in [0, 0.1) is 0 Å². The lowest BCUT2D eigenvalue weighted by atomic mass is 9.87. The van der Waals surface area contributed by atoms with Crippen molar-refractivity contribution in [2.24, 2.45) is 0 Å². The lowest BCUT2D eigenvalue weighted by Gasteiger charge is -2.43. The molecule has 0 saturated carbocycles. The van der Waals surface area contributed by atoms with E-state index in [4.69, 9.17) is 0 Å². The van der Waals surface area contributed by atoms with Crippen LogP contribution in [0.25, 0.3) is 0 Å². The number of hydrogen-bond acceptors (Lipinski definition) is 0. The van der Waals surface area contributed by atoms with E-state index in [1.54, 1.807) is 0 Å². The van der Waals surface area contributed by atoms with E-state index in [1.807, 2.05) is 6.92 Å². The fraction of sp³-hybridized carbons (Fsp3) is 1.00. The summed E-state index contributed by atoms with van der Waals surface area (Å²) in [6.07, 6.45) is -6.10. The van der Waals surface area contributed by atoms with E-state index in [2.05, 4.69) is 0 Å². The first kappa shape index (κ1) is 36.5. The van der Waals surface area contributed by atoms with Crippen LogP contribution in [0.2, 0.25) is 0 Å². The van der Waals surface area contributed by atoms with E-state index in [1.165, 1.54) is 0 Å². The monoisotopic (exact) mass is 700 g/mol. The fourth-order valence-electron chi connectivity index (χ4n) is 3.03. The van der Waals surface area contributed by atoms with Crippen molar-refractivity contribution >= 4 is 22.6 Å². The van der Waals surface area contributed by atoms with Crippen molar-refractivity contribution in [1.82, 2.24) is 0 Å². The molecule has 0 fully saturated rings. The molecule has 18 heteroatoms. The predicted molar refractivity (Wildman–Crippen MR) is 106 cm³/mol. The van der Waals surface area contributed by atoms with Crippen LogP contribution in [0.1, 0.15) is 64.7 Å². The van der Waals surface area contributed by atoms with Gasteiger partial charge in [-0.15, -0.1) is 0 Å². The highest BCUT2D eigenvalue weighted by atomic mass is 127. The first-order valence-electron chi connectivity index (χ1n) is 10.6. The Morgan fingerprint density at radius 2 is 0.784 bits per heavy atom. The Kier molecular flexibility index (Phi) is 11.8. The third-order valence-corrected chi connectivity index (χ3v) is 6.45. The van der Waals surface area contributed by atoms with Crippen LogP contribution < -0.4 is 0 Å². The summed E-state index contributed by atoms with van der Waals surface area (Å²) in [6.45, 7) is 1.92. The van der Waals surface area contributed by atoms with Crippen molar-refractivity contribution in [3.8, 4) is 0 Å². The second kappa shape index (κ2) is 12.0. The maximum Gasteiger partial charge on any atom is 0.460 e. The molecule has 0 nitrogen and oxygen atoms in total. The highest BCUT2D eigenvalue weighted by Crippen LogP contribution is 2.64. The van der Waals surface area contributed by atoms with Gasteiger partial charge in [0.25, 0.3) is 0 Å². The first-order chi connectivity index (χ1) is 16.2. The minimum absolute atomic E-state index is 0.0742. The van der Waals surface area contributed by atoms with Crippen LogP contribution in [0.5, 0.6) is 0 Å². The molecule has 1 unspecified atom stereocenters. The molecule has 224 valence electrons. The van der Waals surface area contributed by atoms with Crippen molar-refractivity contribution < 1.29 is 74.6 Å². The molecule has 0 bridgehead atoms. The van der Waals surface area contributed by atoms with Gasteiger partial charge in [0, 0.05) is 10.3 Å². The quantitative estimate of drug-likeness (QED) is 0.0651. The van der Waals surface area contributed by atoms with Gasteiger partial charge in [0.2, 0.25) is 0 Å². The smallest absolute Gasteiger partial charge is 0.200 e. The van der Waals surface area contributed by atoms with Gasteiger partial charge >= 0.3 is 47.6 Å². The summed E-state index contributed by atoms with van der Waals surface area (Å²) >= 11 is 1.04. The average Bonchev–Trinajstić information content (AvgIpc) is 2.71. The molecule has 0 aliphatic heterocycles. The Morgan fingerprint density at radius 1 is 0.459 bits per heavy atom. The topological polar surface area (TPSA) is 0 Å². The van der Waals surface area contributed by atoms with Crippen molar-refractivity contribution in [2.75, 3.05) is 0 Å². The van der Waals surface area contributed by atoms with Crippen molar-refractivity contribution in [3.63, 3.8) is 0 Å². The molecule has 0 amide bonds. The van der Waals surface area contributed by atoms with Crippen LogP contribution in [0.4, 0.5) is 74.6 Å². The molecule has 0 aliphatic carbocycles. The minimum atomic E-state index is -8.58. The Hall–Kier alpha value is -0.460. The van der Waals surface area contributed by atoms with Gasteiger partial charge in [-0.1, -0.05) is 74.5 Å². The molecule has 0 radical (unpaired) electrons. The van der Waals surface area contributed by atoms with Crippen LogP contribution in [0.3, 0.4) is 0 Å². The molecule has 0 saturated heterocycles. The van der Waals surface area contributed by atoms with Gasteiger partial charge in [0.1, 0.15) is 0 Å². The van der Waals surface area contributed by atoms with Crippen molar-refractivity contribution in [3.05, 3.63) is 0 Å². The van der Waals surface area contributed by atoms with Crippen LogP contribution in [-0.2, 0) is 0 Å². The molecular weight excluding hydrogens is 678 g/mol. The average molecular weight is 700 g/mol. The third-order valence-electron chi connectivity index (χ3n) is 5.39. The lowest BCUT2D eigenvalue weighted by molar-refractivity contribution is -0.461. The Bertz CT molecular complexity index is 714. The first-order valence-corrected chi connectivity index (χ1v) is 11.8. The van der Waals surface area contributed by atoms with E-state index in [0.717, 1.165) is 48.3 Å². The highest BCUT2D eigenvalue weighted by molar-refractivity contribution is 14.1. The van der Waals surface area contributed by atoms with Gasteiger partial charge in [0.05, 0.1) is 0 Å². The molecule has 0 N–H and O–H groups in total. The molecule has 0 aromatic carbocycles. The zero-order valence-corrected chi connectivity index (χ0v) is 20.9. The summed E-state index contributed by atoms with van der Waals surface area (Å²) in [5.41, 5.74) is 0. The Balaban J connectivity index is 5.87. The van der Waals surface area contributed by atoms with E-state index in [0.29, 0.717) is 12.8 Å². The van der Waals surface area contributed by atoms with Gasteiger partial charge in [-0.25, -0.2) is 0 Å². The number of alkyl halides is 18. The Labute approximate surface area is 213 Å². The second-order valence-corrected chi connectivity index (χ2v) is 10.1. The number of hydrogen-bond donors (Lipinski definition) is 0. The molecule has 0 aromatic rings. The SMILES string of the molecule is CCCCCCCCCC(I)CC(F)(F)C(F)(F)C(F)(F)C(F)(F)C(F)(F)C(F)(F)C(F)(F)C(F)(F)F. The van der Waals surface area contributed by atoms with E-state index in [9.17, 15) is 74.6 Å². The third kappa shape index (κ3) is 6.82. The van der Waals surface area contributed by atoms with E-state index in [-0.39, 0.29) is 12.8 Å².